The third kappa shape index (κ3) is 2.64. The summed E-state index contributed by atoms with van der Waals surface area (Å²) in [4.78, 5) is 0. The molecule has 19 heavy (non-hydrogen) atoms. The largest absolute Gasteiger partial charge is 0.207 e. The highest BCUT2D eigenvalue weighted by Crippen LogP contribution is 2.35. The van der Waals surface area contributed by atoms with Crippen molar-refractivity contribution in [2.45, 2.75) is 26.1 Å². The van der Waals surface area contributed by atoms with Gasteiger partial charge in [-0.25, -0.2) is 8.78 Å². The predicted octanol–water partition coefficient (Wildman–Crippen LogP) is 5.22. The first-order valence-corrected chi connectivity index (χ1v) is 6.51. The Balaban J connectivity index is 2.56. The van der Waals surface area contributed by atoms with Crippen LogP contribution in [0.15, 0.2) is 30.3 Å². The summed E-state index contributed by atoms with van der Waals surface area (Å²) in [5.41, 5.74) is 3.23. The molecule has 1 atom stereocenters. The molecule has 0 spiro atoms. The van der Waals surface area contributed by atoms with Crippen LogP contribution in [0, 0.1) is 32.4 Å². The summed E-state index contributed by atoms with van der Waals surface area (Å²) in [5.74, 6) is -0.599. The van der Waals surface area contributed by atoms with Gasteiger partial charge in [-0.2, -0.15) is 0 Å². The van der Waals surface area contributed by atoms with E-state index in [1.54, 1.807) is 39.0 Å². The Labute approximate surface area is 117 Å². The molecule has 0 aliphatic heterocycles. The van der Waals surface area contributed by atoms with Crippen LogP contribution in [0.2, 0.25) is 0 Å². The van der Waals surface area contributed by atoms with E-state index in [-0.39, 0.29) is 11.6 Å². The van der Waals surface area contributed by atoms with Crippen molar-refractivity contribution >= 4 is 11.6 Å². The fourth-order valence-corrected chi connectivity index (χ4v) is 2.86. The molecule has 0 aromatic heterocycles. The minimum absolute atomic E-state index is 0.299. The van der Waals surface area contributed by atoms with E-state index >= 15 is 0 Å². The first kappa shape index (κ1) is 14.0. The maximum absolute atomic E-state index is 14.1. The van der Waals surface area contributed by atoms with E-state index in [0.29, 0.717) is 11.1 Å². The van der Waals surface area contributed by atoms with E-state index in [1.807, 2.05) is 0 Å². The van der Waals surface area contributed by atoms with Crippen molar-refractivity contribution in [3.63, 3.8) is 0 Å². The van der Waals surface area contributed by atoms with E-state index in [0.717, 1.165) is 16.7 Å². The average Bonchev–Trinajstić information content (AvgIpc) is 2.31. The fraction of sp³-hybridized carbons (Fsp3) is 0.250. The van der Waals surface area contributed by atoms with Crippen LogP contribution in [0.4, 0.5) is 8.78 Å². The molecule has 2 rings (SSSR count). The van der Waals surface area contributed by atoms with Gasteiger partial charge in [0.15, 0.2) is 0 Å². The minimum atomic E-state index is -0.611. The number of rotatable bonds is 2. The topological polar surface area (TPSA) is 0 Å². The Morgan fingerprint density at radius 2 is 1.53 bits per heavy atom. The molecule has 0 fully saturated rings. The van der Waals surface area contributed by atoms with Crippen molar-refractivity contribution in [2.24, 2.45) is 0 Å². The molecule has 0 saturated carbocycles. The highest BCUT2D eigenvalue weighted by atomic mass is 35.5. The molecule has 0 amide bonds. The van der Waals surface area contributed by atoms with Gasteiger partial charge in [-0.1, -0.05) is 18.2 Å². The molecule has 0 radical (unpaired) electrons. The molecule has 0 N–H and O–H groups in total. The number of hydrogen-bond acceptors (Lipinski definition) is 0. The van der Waals surface area contributed by atoms with Crippen molar-refractivity contribution in [1.29, 1.82) is 0 Å². The van der Waals surface area contributed by atoms with Gasteiger partial charge in [0.25, 0.3) is 0 Å². The molecule has 0 aliphatic rings. The van der Waals surface area contributed by atoms with Crippen LogP contribution >= 0.6 is 11.6 Å². The van der Waals surface area contributed by atoms with Crippen LogP contribution in [0.3, 0.4) is 0 Å². The van der Waals surface area contributed by atoms with E-state index in [1.165, 1.54) is 12.1 Å². The first-order valence-electron chi connectivity index (χ1n) is 6.07. The van der Waals surface area contributed by atoms with Crippen molar-refractivity contribution in [3.8, 4) is 0 Å². The van der Waals surface area contributed by atoms with Gasteiger partial charge in [0, 0.05) is 5.56 Å². The zero-order chi connectivity index (χ0) is 14.2. The van der Waals surface area contributed by atoms with Gasteiger partial charge in [-0.15, -0.1) is 11.6 Å². The molecule has 0 aliphatic carbocycles. The Kier molecular flexibility index (Phi) is 3.91. The van der Waals surface area contributed by atoms with Crippen molar-refractivity contribution in [3.05, 3.63) is 69.8 Å². The van der Waals surface area contributed by atoms with Crippen molar-refractivity contribution in [2.75, 3.05) is 0 Å². The van der Waals surface area contributed by atoms with Crippen LogP contribution in [-0.4, -0.2) is 0 Å². The third-order valence-corrected chi connectivity index (χ3v) is 3.76. The Morgan fingerprint density at radius 3 is 2.11 bits per heavy atom. The average molecular weight is 281 g/mol. The predicted molar refractivity (Wildman–Crippen MR) is 74.7 cm³/mol. The highest BCUT2D eigenvalue weighted by molar-refractivity contribution is 6.22. The number of halogens is 3. The molecule has 0 saturated heterocycles. The van der Waals surface area contributed by atoms with E-state index in [4.69, 9.17) is 11.6 Å². The smallest absolute Gasteiger partial charge is 0.131 e. The summed E-state index contributed by atoms with van der Waals surface area (Å²) in [5, 5.41) is -0.611. The van der Waals surface area contributed by atoms with E-state index < -0.39 is 5.38 Å². The number of alkyl halides is 1. The lowest BCUT2D eigenvalue weighted by atomic mass is 9.94. The lowest BCUT2D eigenvalue weighted by Crippen LogP contribution is -2.03. The second-order valence-electron chi connectivity index (χ2n) is 4.79. The lowest BCUT2D eigenvalue weighted by molar-refractivity contribution is 0.602. The van der Waals surface area contributed by atoms with Crippen LogP contribution in [0.25, 0.3) is 0 Å². The quantitative estimate of drug-likeness (QED) is 0.662. The van der Waals surface area contributed by atoms with E-state index in [9.17, 15) is 8.78 Å². The molecular formula is C16H15ClF2. The minimum Gasteiger partial charge on any atom is -0.207 e. The standard InChI is InChI=1S/C16H15ClF2/c1-9-5-4-6-13(16(9)19)15(17)14-10(2)7-12(18)8-11(14)3/h4-8,15H,1-3H3. The maximum atomic E-state index is 14.1. The second-order valence-corrected chi connectivity index (χ2v) is 5.23. The summed E-state index contributed by atoms with van der Waals surface area (Å²) in [6, 6.07) is 7.99. The van der Waals surface area contributed by atoms with Crippen LogP contribution in [0.1, 0.15) is 33.2 Å². The Morgan fingerprint density at radius 1 is 0.947 bits per heavy atom. The first-order chi connectivity index (χ1) is 8.91. The van der Waals surface area contributed by atoms with Gasteiger partial charge < -0.3 is 0 Å². The van der Waals surface area contributed by atoms with Crippen LogP contribution < -0.4 is 0 Å². The molecule has 1 unspecified atom stereocenters. The van der Waals surface area contributed by atoms with E-state index in [2.05, 4.69) is 0 Å². The maximum Gasteiger partial charge on any atom is 0.131 e. The summed E-state index contributed by atoms with van der Waals surface area (Å²) < 4.78 is 27.4. The Bertz CT molecular complexity index is 597. The molecule has 0 heterocycles. The molecule has 0 nitrogen and oxygen atoms in total. The van der Waals surface area contributed by atoms with Gasteiger partial charge in [0.2, 0.25) is 0 Å². The van der Waals surface area contributed by atoms with Crippen LogP contribution in [-0.2, 0) is 0 Å². The number of aryl methyl sites for hydroxylation is 3. The van der Waals surface area contributed by atoms with Gasteiger partial charge in [-0.3, -0.25) is 0 Å². The van der Waals surface area contributed by atoms with Gasteiger partial charge in [-0.05, 0) is 55.2 Å². The van der Waals surface area contributed by atoms with Crippen LogP contribution in [0.5, 0.6) is 0 Å². The lowest BCUT2D eigenvalue weighted by Gasteiger charge is -2.17. The van der Waals surface area contributed by atoms with Crippen molar-refractivity contribution in [1.82, 2.24) is 0 Å². The number of benzene rings is 2. The molecule has 3 heteroatoms. The number of hydrogen-bond donors (Lipinski definition) is 0. The molecule has 2 aromatic carbocycles. The zero-order valence-corrected chi connectivity index (χ0v) is 11.9. The van der Waals surface area contributed by atoms with Gasteiger partial charge in [0.05, 0.1) is 5.38 Å². The van der Waals surface area contributed by atoms with Gasteiger partial charge >= 0.3 is 0 Å². The summed E-state index contributed by atoms with van der Waals surface area (Å²) in [6.07, 6.45) is 0. The summed E-state index contributed by atoms with van der Waals surface area (Å²) >= 11 is 6.41. The summed E-state index contributed by atoms with van der Waals surface area (Å²) in [6.45, 7) is 5.27. The molecule has 2 aromatic rings. The fourth-order valence-electron chi connectivity index (χ4n) is 2.34. The van der Waals surface area contributed by atoms with Crippen molar-refractivity contribution < 1.29 is 8.78 Å². The third-order valence-electron chi connectivity index (χ3n) is 3.31. The molecule has 100 valence electrons. The second kappa shape index (κ2) is 5.30. The monoisotopic (exact) mass is 280 g/mol. The molecular weight excluding hydrogens is 266 g/mol. The normalized spacial score (nSPS) is 12.5. The van der Waals surface area contributed by atoms with Gasteiger partial charge in [0.1, 0.15) is 11.6 Å². The zero-order valence-electron chi connectivity index (χ0n) is 11.1. The highest BCUT2D eigenvalue weighted by Gasteiger charge is 2.20. The Hall–Kier alpha value is -1.41. The molecule has 0 bridgehead atoms. The summed E-state index contributed by atoms with van der Waals surface area (Å²) in [7, 11) is 0. The SMILES string of the molecule is Cc1cccc(C(Cl)c2c(C)cc(F)cc2C)c1F.